The molecule has 94 valence electrons. The van der Waals surface area contributed by atoms with Gasteiger partial charge in [-0.05, 0) is 38.2 Å². The quantitative estimate of drug-likeness (QED) is 0.807. The average Bonchev–Trinajstić information content (AvgIpc) is 2.30. The van der Waals surface area contributed by atoms with Crippen LogP contribution < -0.4 is 10.5 Å². The molecule has 0 unspecified atom stereocenters. The molecule has 5 heteroatoms. The number of hydrogen-bond donors (Lipinski definition) is 1. The lowest BCUT2D eigenvalue weighted by atomic mass is 10.3. The summed E-state index contributed by atoms with van der Waals surface area (Å²) in [6.07, 6.45) is 0. The second-order valence-corrected chi connectivity index (χ2v) is 3.86. The molecule has 0 aliphatic rings. The van der Waals surface area contributed by atoms with E-state index in [-0.39, 0.29) is 17.8 Å². The van der Waals surface area contributed by atoms with Crippen molar-refractivity contribution in [1.82, 2.24) is 4.90 Å². The number of carbonyl (C=O) groups is 1. The van der Waals surface area contributed by atoms with Crippen LogP contribution in [0.5, 0.6) is 5.75 Å². The summed E-state index contributed by atoms with van der Waals surface area (Å²) in [6, 6.07) is 5.47. The molecule has 0 saturated carbocycles. The molecular formula is C12H17FN2O2. The number of rotatable bonds is 6. The van der Waals surface area contributed by atoms with Crippen LogP contribution in [-0.4, -0.2) is 37.0 Å². The molecule has 1 aromatic rings. The van der Waals surface area contributed by atoms with Crippen LogP contribution in [0.15, 0.2) is 24.3 Å². The highest BCUT2D eigenvalue weighted by Crippen LogP contribution is 2.10. The minimum Gasteiger partial charge on any atom is -0.492 e. The number of likely N-dealkylation sites (N-methyl/N-ethyl adjacent to an activating group) is 1. The SMILES string of the molecule is C[C@@H](C(N)=O)N(C)CCOc1ccc(F)cc1. The number of nitrogens with zero attached hydrogens (tertiary/aromatic N) is 1. The first kappa shape index (κ1) is 13.4. The summed E-state index contributed by atoms with van der Waals surface area (Å²) in [5.41, 5.74) is 5.17. The molecule has 0 spiro atoms. The maximum atomic E-state index is 12.6. The van der Waals surface area contributed by atoms with Gasteiger partial charge in [0.25, 0.3) is 0 Å². The van der Waals surface area contributed by atoms with Crippen LogP contribution in [0.2, 0.25) is 0 Å². The van der Waals surface area contributed by atoms with E-state index >= 15 is 0 Å². The van der Waals surface area contributed by atoms with Crippen molar-refractivity contribution in [3.63, 3.8) is 0 Å². The normalized spacial score (nSPS) is 12.5. The van der Waals surface area contributed by atoms with Gasteiger partial charge in [0.15, 0.2) is 0 Å². The predicted molar refractivity (Wildman–Crippen MR) is 63.2 cm³/mol. The molecule has 0 aromatic heterocycles. The molecule has 0 aliphatic heterocycles. The minimum atomic E-state index is -0.366. The number of benzene rings is 1. The molecule has 0 radical (unpaired) electrons. The first-order valence-electron chi connectivity index (χ1n) is 5.38. The highest BCUT2D eigenvalue weighted by atomic mass is 19.1. The van der Waals surface area contributed by atoms with Crippen molar-refractivity contribution < 1.29 is 13.9 Å². The molecule has 2 N–H and O–H groups in total. The number of ether oxygens (including phenoxy) is 1. The Morgan fingerprint density at radius 2 is 2.06 bits per heavy atom. The Bertz CT molecular complexity index is 367. The van der Waals surface area contributed by atoms with Crippen molar-refractivity contribution in [3.8, 4) is 5.75 Å². The first-order valence-corrected chi connectivity index (χ1v) is 5.38. The molecule has 4 nitrogen and oxygen atoms in total. The van der Waals surface area contributed by atoms with Crippen LogP contribution in [0, 0.1) is 5.82 Å². The Balaban J connectivity index is 2.32. The van der Waals surface area contributed by atoms with Gasteiger partial charge in [-0.3, -0.25) is 9.69 Å². The van der Waals surface area contributed by atoms with Crippen LogP contribution in [0.1, 0.15) is 6.92 Å². The standard InChI is InChI=1S/C12H17FN2O2/c1-9(12(14)16)15(2)7-8-17-11-5-3-10(13)4-6-11/h3-6,9H,7-8H2,1-2H3,(H2,14,16)/t9-/m0/s1. The molecule has 1 amide bonds. The summed E-state index contributed by atoms with van der Waals surface area (Å²) < 4.78 is 18.0. The summed E-state index contributed by atoms with van der Waals surface area (Å²) in [4.78, 5) is 12.7. The summed E-state index contributed by atoms with van der Waals surface area (Å²) >= 11 is 0. The largest absolute Gasteiger partial charge is 0.492 e. The number of carbonyl (C=O) groups excluding carboxylic acids is 1. The molecule has 0 saturated heterocycles. The van der Waals surface area contributed by atoms with Gasteiger partial charge in [-0.1, -0.05) is 0 Å². The number of nitrogens with two attached hydrogens (primary N) is 1. The second-order valence-electron chi connectivity index (χ2n) is 3.86. The molecule has 1 aromatic carbocycles. The van der Waals surface area contributed by atoms with Gasteiger partial charge in [0.05, 0.1) is 6.04 Å². The van der Waals surface area contributed by atoms with Crippen LogP contribution >= 0.6 is 0 Å². The smallest absolute Gasteiger partial charge is 0.234 e. The second kappa shape index (κ2) is 6.20. The molecule has 1 atom stereocenters. The topological polar surface area (TPSA) is 55.6 Å². The lowest BCUT2D eigenvalue weighted by molar-refractivity contribution is -0.122. The zero-order valence-electron chi connectivity index (χ0n) is 10.0. The molecular weight excluding hydrogens is 223 g/mol. The third kappa shape index (κ3) is 4.40. The lowest BCUT2D eigenvalue weighted by Gasteiger charge is -2.21. The minimum absolute atomic E-state index is 0.295. The van der Waals surface area contributed by atoms with Crippen LogP contribution in [0.25, 0.3) is 0 Å². The fraction of sp³-hybridized carbons (Fsp3) is 0.417. The van der Waals surface area contributed by atoms with E-state index in [1.807, 2.05) is 0 Å². The predicted octanol–water partition coefficient (Wildman–Crippen LogP) is 1.01. The average molecular weight is 240 g/mol. The first-order chi connectivity index (χ1) is 8.00. The highest BCUT2D eigenvalue weighted by molar-refractivity contribution is 5.79. The van der Waals surface area contributed by atoms with E-state index in [2.05, 4.69) is 0 Å². The molecule has 17 heavy (non-hydrogen) atoms. The number of amides is 1. The number of hydrogen-bond acceptors (Lipinski definition) is 3. The van der Waals surface area contributed by atoms with Crippen LogP contribution in [-0.2, 0) is 4.79 Å². The van der Waals surface area contributed by atoms with Crippen LogP contribution in [0.4, 0.5) is 4.39 Å². The Morgan fingerprint density at radius 1 is 1.47 bits per heavy atom. The zero-order chi connectivity index (χ0) is 12.8. The summed E-state index contributed by atoms with van der Waals surface area (Å²) in [6.45, 7) is 2.72. The van der Waals surface area contributed by atoms with Crippen molar-refractivity contribution in [1.29, 1.82) is 0 Å². The Kier molecular flexibility index (Phi) is 4.90. The van der Waals surface area contributed by atoms with Gasteiger partial charge >= 0.3 is 0 Å². The summed E-state index contributed by atoms with van der Waals surface area (Å²) in [7, 11) is 1.80. The fourth-order valence-electron chi connectivity index (χ4n) is 1.25. The maximum absolute atomic E-state index is 12.6. The van der Waals surface area contributed by atoms with E-state index in [0.29, 0.717) is 18.9 Å². The van der Waals surface area contributed by atoms with Gasteiger partial charge in [-0.25, -0.2) is 4.39 Å². The van der Waals surface area contributed by atoms with E-state index in [0.717, 1.165) is 0 Å². The van der Waals surface area contributed by atoms with Gasteiger partial charge in [0, 0.05) is 6.54 Å². The number of primary amides is 1. The van der Waals surface area contributed by atoms with Crippen molar-refractivity contribution >= 4 is 5.91 Å². The van der Waals surface area contributed by atoms with E-state index in [4.69, 9.17) is 10.5 Å². The van der Waals surface area contributed by atoms with Crippen molar-refractivity contribution in [2.75, 3.05) is 20.2 Å². The van der Waals surface area contributed by atoms with E-state index in [1.165, 1.54) is 12.1 Å². The van der Waals surface area contributed by atoms with Crippen molar-refractivity contribution in [3.05, 3.63) is 30.1 Å². The Hall–Kier alpha value is -1.62. The van der Waals surface area contributed by atoms with Crippen molar-refractivity contribution in [2.45, 2.75) is 13.0 Å². The van der Waals surface area contributed by atoms with Crippen molar-refractivity contribution in [2.24, 2.45) is 5.73 Å². The van der Waals surface area contributed by atoms with Crippen LogP contribution in [0.3, 0.4) is 0 Å². The van der Waals surface area contributed by atoms with Gasteiger partial charge in [0.2, 0.25) is 5.91 Å². The number of halogens is 1. The van der Waals surface area contributed by atoms with Gasteiger partial charge in [-0.2, -0.15) is 0 Å². The molecule has 0 fully saturated rings. The van der Waals surface area contributed by atoms with E-state index in [9.17, 15) is 9.18 Å². The summed E-state index contributed by atoms with van der Waals surface area (Å²) in [5, 5.41) is 0. The maximum Gasteiger partial charge on any atom is 0.234 e. The third-order valence-corrected chi connectivity index (χ3v) is 2.60. The molecule has 0 aliphatic carbocycles. The molecule has 0 heterocycles. The Labute approximate surface area is 100 Å². The van der Waals surface area contributed by atoms with E-state index < -0.39 is 0 Å². The zero-order valence-corrected chi connectivity index (χ0v) is 10.0. The van der Waals surface area contributed by atoms with Gasteiger partial charge in [-0.15, -0.1) is 0 Å². The van der Waals surface area contributed by atoms with E-state index in [1.54, 1.807) is 31.0 Å². The Morgan fingerprint density at radius 3 is 2.59 bits per heavy atom. The monoisotopic (exact) mass is 240 g/mol. The lowest BCUT2D eigenvalue weighted by Crippen LogP contribution is -2.41. The van der Waals surface area contributed by atoms with Gasteiger partial charge in [0.1, 0.15) is 18.2 Å². The van der Waals surface area contributed by atoms with Gasteiger partial charge < -0.3 is 10.5 Å². The molecule has 0 bridgehead atoms. The third-order valence-electron chi connectivity index (χ3n) is 2.60. The highest BCUT2D eigenvalue weighted by Gasteiger charge is 2.13. The molecule has 1 rings (SSSR count). The fourth-order valence-corrected chi connectivity index (χ4v) is 1.25. The summed E-state index contributed by atoms with van der Waals surface area (Å²) in [5.74, 6) is -0.0578.